The van der Waals surface area contributed by atoms with Gasteiger partial charge in [0.15, 0.2) is 17.5 Å². The molecule has 1 rings (SSSR count). The second-order valence-corrected chi connectivity index (χ2v) is 2.61. The van der Waals surface area contributed by atoms with Crippen molar-refractivity contribution in [3.05, 3.63) is 35.1 Å². The van der Waals surface area contributed by atoms with Crippen LogP contribution >= 0.6 is 0 Å². The summed E-state index contributed by atoms with van der Waals surface area (Å²) in [5.74, 6) is -4.05. The van der Waals surface area contributed by atoms with E-state index in [0.717, 1.165) is 12.1 Å². The number of halogens is 3. The monoisotopic (exact) mass is 202 g/mol. The van der Waals surface area contributed by atoms with E-state index in [0.29, 0.717) is 6.54 Å². The number of hydrogen-bond acceptors (Lipinski definition) is 1. The normalized spacial score (nSPS) is 11.9. The van der Waals surface area contributed by atoms with Gasteiger partial charge in [-0.3, -0.25) is 4.99 Å². The highest BCUT2D eigenvalue weighted by atomic mass is 19.2. The Balaban J connectivity index is 3.19. The van der Waals surface area contributed by atoms with E-state index >= 15 is 0 Å². The summed E-state index contributed by atoms with van der Waals surface area (Å²) in [6.45, 7) is 2.12. The average Bonchev–Trinajstić information content (AvgIpc) is 2.13. The number of hydrogen-bond donors (Lipinski definition) is 1. The molecule has 0 bridgehead atoms. The zero-order chi connectivity index (χ0) is 10.7. The van der Waals surface area contributed by atoms with Gasteiger partial charge in [-0.25, -0.2) is 13.2 Å². The first-order valence-corrected chi connectivity index (χ1v) is 4.01. The lowest BCUT2D eigenvalue weighted by Gasteiger charge is -2.02. The van der Waals surface area contributed by atoms with Gasteiger partial charge < -0.3 is 5.73 Å². The minimum absolute atomic E-state index is 0.00898. The minimum Gasteiger partial charge on any atom is -0.384 e. The van der Waals surface area contributed by atoms with Gasteiger partial charge in [0.05, 0.1) is 0 Å². The van der Waals surface area contributed by atoms with E-state index in [1.54, 1.807) is 6.92 Å². The molecule has 2 nitrogen and oxygen atoms in total. The highest BCUT2D eigenvalue weighted by Crippen LogP contribution is 2.13. The summed E-state index contributed by atoms with van der Waals surface area (Å²) in [5.41, 5.74) is 5.43. The number of aliphatic imine (C=N–C) groups is 1. The quantitative estimate of drug-likeness (QED) is 0.443. The molecule has 0 atom stereocenters. The van der Waals surface area contributed by atoms with Crippen LogP contribution in [0.15, 0.2) is 17.1 Å². The molecule has 0 unspecified atom stereocenters. The van der Waals surface area contributed by atoms with Crippen LogP contribution in [0.2, 0.25) is 0 Å². The van der Waals surface area contributed by atoms with Crippen LogP contribution in [0.1, 0.15) is 12.5 Å². The van der Waals surface area contributed by atoms with Gasteiger partial charge in [-0.15, -0.1) is 0 Å². The first-order chi connectivity index (χ1) is 6.56. The van der Waals surface area contributed by atoms with E-state index in [9.17, 15) is 13.2 Å². The van der Waals surface area contributed by atoms with Gasteiger partial charge in [0.1, 0.15) is 5.84 Å². The molecule has 0 spiro atoms. The van der Waals surface area contributed by atoms with Crippen molar-refractivity contribution < 1.29 is 13.2 Å². The van der Waals surface area contributed by atoms with Crippen molar-refractivity contribution in [2.45, 2.75) is 6.92 Å². The van der Waals surface area contributed by atoms with Crippen LogP contribution in [-0.2, 0) is 0 Å². The second-order valence-electron chi connectivity index (χ2n) is 2.61. The molecule has 5 heteroatoms. The molecule has 0 saturated heterocycles. The number of benzene rings is 1. The molecule has 0 aliphatic carbocycles. The van der Waals surface area contributed by atoms with Crippen LogP contribution in [0.4, 0.5) is 13.2 Å². The lowest BCUT2D eigenvalue weighted by Crippen LogP contribution is -2.15. The number of nitrogens with two attached hydrogens (primary N) is 1. The maximum Gasteiger partial charge on any atom is 0.194 e. The predicted molar refractivity (Wildman–Crippen MR) is 47.6 cm³/mol. The van der Waals surface area contributed by atoms with Crippen molar-refractivity contribution in [3.8, 4) is 0 Å². The summed E-state index contributed by atoms with van der Waals surface area (Å²) in [4.78, 5) is 3.75. The summed E-state index contributed by atoms with van der Waals surface area (Å²) in [6.07, 6.45) is 0. The van der Waals surface area contributed by atoms with E-state index in [1.807, 2.05) is 0 Å². The highest BCUT2D eigenvalue weighted by molar-refractivity contribution is 5.97. The second kappa shape index (κ2) is 4.13. The minimum atomic E-state index is -1.50. The number of rotatable bonds is 2. The molecule has 1 aromatic rings. The molecule has 0 heterocycles. The van der Waals surface area contributed by atoms with Crippen molar-refractivity contribution in [2.75, 3.05) is 6.54 Å². The third-order valence-electron chi connectivity index (χ3n) is 1.61. The summed E-state index contributed by atoms with van der Waals surface area (Å²) < 4.78 is 38.0. The SMILES string of the molecule is CCN=C(N)c1cc(F)c(F)c(F)c1. The Kier molecular flexibility index (Phi) is 3.11. The molecule has 0 fully saturated rings. The average molecular weight is 202 g/mol. The van der Waals surface area contributed by atoms with Crippen molar-refractivity contribution >= 4 is 5.84 Å². The zero-order valence-electron chi connectivity index (χ0n) is 7.52. The number of amidine groups is 1. The Hall–Kier alpha value is -1.52. The highest BCUT2D eigenvalue weighted by Gasteiger charge is 2.11. The van der Waals surface area contributed by atoms with E-state index in [2.05, 4.69) is 4.99 Å². The van der Waals surface area contributed by atoms with E-state index in [-0.39, 0.29) is 11.4 Å². The largest absolute Gasteiger partial charge is 0.384 e. The topological polar surface area (TPSA) is 38.4 Å². The predicted octanol–water partition coefficient (Wildman–Crippen LogP) is 1.83. The van der Waals surface area contributed by atoms with Gasteiger partial charge in [-0.2, -0.15) is 0 Å². The first kappa shape index (κ1) is 10.6. The lowest BCUT2D eigenvalue weighted by atomic mass is 10.2. The van der Waals surface area contributed by atoms with Crippen LogP contribution < -0.4 is 5.73 Å². The first-order valence-electron chi connectivity index (χ1n) is 4.01. The van der Waals surface area contributed by atoms with Crippen molar-refractivity contribution in [3.63, 3.8) is 0 Å². The van der Waals surface area contributed by atoms with E-state index < -0.39 is 17.5 Å². The van der Waals surface area contributed by atoms with E-state index in [4.69, 9.17) is 5.73 Å². The fourth-order valence-corrected chi connectivity index (χ4v) is 0.965. The van der Waals surface area contributed by atoms with Gasteiger partial charge in [-0.1, -0.05) is 0 Å². The van der Waals surface area contributed by atoms with Gasteiger partial charge in [0.25, 0.3) is 0 Å². The van der Waals surface area contributed by atoms with Crippen molar-refractivity contribution in [2.24, 2.45) is 10.7 Å². The Labute approximate surface area is 79.3 Å². The van der Waals surface area contributed by atoms with Crippen LogP contribution in [0.25, 0.3) is 0 Å². The molecular weight excluding hydrogens is 193 g/mol. The van der Waals surface area contributed by atoms with Crippen LogP contribution in [-0.4, -0.2) is 12.4 Å². The summed E-state index contributed by atoms with van der Waals surface area (Å²) in [6, 6.07) is 1.62. The van der Waals surface area contributed by atoms with Crippen LogP contribution in [0.5, 0.6) is 0 Å². The molecule has 0 aromatic heterocycles. The molecule has 0 aliphatic heterocycles. The molecule has 0 amide bonds. The molecule has 14 heavy (non-hydrogen) atoms. The van der Waals surface area contributed by atoms with Gasteiger partial charge in [-0.05, 0) is 19.1 Å². The molecule has 0 radical (unpaired) electrons. The molecule has 0 saturated carbocycles. The Morgan fingerprint density at radius 1 is 1.29 bits per heavy atom. The van der Waals surface area contributed by atoms with Crippen LogP contribution in [0.3, 0.4) is 0 Å². The summed E-state index contributed by atoms with van der Waals surface area (Å²) >= 11 is 0. The Morgan fingerprint density at radius 3 is 2.21 bits per heavy atom. The molecule has 0 aliphatic rings. The maximum atomic E-state index is 12.7. The third kappa shape index (κ3) is 2.04. The number of nitrogens with zero attached hydrogens (tertiary/aromatic N) is 1. The fraction of sp³-hybridized carbons (Fsp3) is 0.222. The fourth-order valence-electron chi connectivity index (χ4n) is 0.965. The lowest BCUT2D eigenvalue weighted by molar-refractivity contribution is 0.447. The van der Waals surface area contributed by atoms with Crippen molar-refractivity contribution in [1.29, 1.82) is 0 Å². The molecular formula is C9H9F3N2. The van der Waals surface area contributed by atoms with E-state index in [1.165, 1.54) is 0 Å². The maximum absolute atomic E-state index is 12.7. The standard InChI is InChI=1S/C9H9F3N2/c1-2-14-9(13)5-3-6(10)8(12)7(11)4-5/h3-4H,2H2,1H3,(H2,13,14). The zero-order valence-corrected chi connectivity index (χ0v) is 7.52. The molecule has 2 N–H and O–H groups in total. The van der Waals surface area contributed by atoms with Gasteiger partial charge >= 0.3 is 0 Å². The summed E-state index contributed by atoms with van der Waals surface area (Å²) in [7, 11) is 0. The Bertz CT molecular complexity index is 351. The van der Waals surface area contributed by atoms with Gasteiger partial charge in [0, 0.05) is 12.1 Å². The molecule has 1 aromatic carbocycles. The van der Waals surface area contributed by atoms with Crippen LogP contribution in [0, 0.1) is 17.5 Å². The molecule has 76 valence electrons. The summed E-state index contributed by atoms with van der Waals surface area (Å²) in [5, 5.41) is 0. The van der Waals surface area contributed by atoms with Gasteiger partial charge in [0.2, 0.25) is 0 Å². The Morgan fingerprint density at radius 2 is 1.79 bits per heavy atom. The third-order valence-corrected chi connectivity index (χ3v) is 1.61. The van der Waals surface area contributed by atoms with Crippen molar-refractivity contribution in [1.82, 2.24) is 0 Å². The smallest absolute Gasteiger partial charge is 0.194 e.